The van der Waals surface area contributed by atoms with E-state index in [-0.39, 0.29) is 18.3 Å². The highest BCUT2D eigenvalue weighted by Crippen LogP contribution is 2.41. The Morgan fingerprint density at radius 3 is 2.45 bits per heavy atom. The highest BCUT2D eigenvalue weighted by molar-refractivity contribution is 6.74. The molecule has 0 amide bonds. The summed E-state index contributed by atoms with van der Waals surface area (Å²) in [6, 6.07) is 0. The molecular weight excluding hydrogens is 396 g/mol. The van der Waals surface area contributed by atoms with Crippen molar-refractivity contribution in [2.45, 2.75) is 70.4 Å². The molecule has 1 aromatic heterocycles. The summed E-state index contributed by atoms with van der Waals surface area (Å²) in [6.07, 6.45) is -1.29. The number of ether oxygens (including phenoxy) is 3. The van der Waals surface area contributed by atoms with Crippen molar-refractivity contribution in [3.8, 4) is 0 Å². The molecule has 0 spiro atoms. The zero-order chi connectivity index (χ0) is 22.0. The van der Waals surface area contributed by atoms with E-state index in [0.29, 0.717) is 12.2 Å². The summed E-state index contributed by atoms with van der Waals surface area (Å²) in [5.41, 5.74) is -0.678. The Bertz CT molecular complexity index is 799. The lowest BCUT2D eigenvalue weighted by atomic mass is 10.1. The Labute approximate surface area is 172 Å². The number of hydrogen-bond acceptors (Lipinski definition) is 7. The first-order valence-corrected chi connectivity index (χ1v) is 12.7. The van der Waals surface area contributed by atoms with E-state index in [2.05, 4.69) is 38.8 Å². The Balaban J connectivity index is 2.45. The van der Waals surface area contributed by atoms with Gasteiger partial charge < -0.3 is 23.7 Å². The van der Waals surface area contributed by atoms with Gasteiger partial charge in [0.1, 0.15) is 18.3 Å². The van der Waals surface area contributed by atoms with Crippen molar-refractivity contribution in [1.29, 1.82) is 0 Å². The highest BCUT2D eigenvalue weighted by atomic mass is 28.4. The van der Waals surface area contributed by atoms with Crippen LogP contribution >= 0.6 is 0 Å². The summed E-state index contributed by atoms with van der Waals surface area (Å²) in [5.74, 6) is 0. The maximum absolute atomic E-state index is 12.5. The van der Waals surface area contributed by atoms with Gasteiger partial charge in [-0.05, 0) is 25.1 Å². The third-order valence-electron chi connectivity index (χ3n) is 5.72. The minimum absolute atomic E-state index is 0.0619. The second-order valence-electron chi connectivity index (χ2n) is 8.90. The van der Waals surface area contributed by atoms with Gasteiger partial charge in [0.05, 0.1) is 19.8 Å². The molecule has 1 saturated heterocycles. The van der Waals surface area contributed by atoms with Crippen molar-refractivity contribution in [2.75, 3.05) is 26.9 Å². The molecule has 2 heterocycles. The Morgan fingerprint density at radius 2 is 1.90 bits per heavy atom. The van der Waals surface area contributed by atoms with Gasteiger partial charge in [-0.3, -0.25) is 14.3 Å². The lowest BCUT2D eigenvalue weighted by Crippen LogP contribution is -2.50. The SMILES string of the molecule is COCCO[C@@H]1[C@H](O[Si](C)(C)C(C)(C)C)[C@@H](CO)O[C@H]1n1cc(C)c(=O)[nH]c1=O. The van der Waals surface area contributed by atoms with Gasteiger partial charge in [-0.25, -0.2) is 4.79 Å². The van der Waals surface area contributed by atoms with E-state index in [0.717, 1.165) is 0 Å². The fourth-order valence-electron chi connectivity index (χ4n) is 2.96. The number of methoxy groups -OCH3 is 1. The van der Waals surface area contributed by atoms with Crippen molar-refractivity contribution < 1.29 is 23.7 Å². The quantitative estimate of drug-likeness (QED) is 0.470. The van der Waals surface area contributed by atoms with E-state index in [1.54, 1.807) is 14.0 Å². The molecular formula is C19H34N2O7Si. The number of aromatic amines is 1. The van der Waals surface area contributed by atoms with Gasteiger partial charge in [0.15, 0.2) is 14.5 Å². The number of aryl methyl sites for hydroxylation is 1. The maximum atomic E-state index is 12.5. The summed E-state index contributed by atoms with van der Waals surface area (Å²) in [7, 11) is -0.658. The van der Waals surface area contributed by atoms with Crippen LogP contribution in [0.1, 0.15) is 32.6 Å². The van der Waals surface area contributed by atoms with Crippen LogP contribution in [0.4, 0.5) is 0 Å². The van der Waals surface area contributed by atoms with Crippen LogP contribution in [0.2, 0.25) is 18.1 Å². The molecule has 1 fully saturated rings. The number of aliphatic hydroxyl groups excluding tert-OH is 1. The van der Waals surface area contributed by atoms with Gasteiger partial charge in [-0.15, -0.1) is 0 Å². The van der Waals surface area contributed by atoms with Crippen molar-refractivity contribution in [3.05, 3.63) is 32.6 Å². The molecule has 1 aromatic rings. The zero-order valence-corrected chi connectivity index (χ0v) is 19.4. The van der Waals surface area contributed by atoms with Crippen LogP contribution in [0, 0.1) is 6.92 Å². The molecule has 0 bridgehead atoms. The van der Waals surface area contributed by atoms with Crippen LogP contribution < -0.4 is 11.2 Å². The molecule has 0 radical (unpaired) electrons. The first kappa shape index (κ1) is 24.0. The minimum Gasteiger partial charge on any atom is -0.408 e. The second kappa shape index (κ2) is 9.23. The van der Waals surface area contributed by atoms with E-state index >= 15 is 0 Å². The predicted molar refractivity (Wildman–Crippen MR) is 111 cm³/mol. The van der Waals surface area contributed by atoms with Gasteiger partial charge in [-0.2, -0.15) is 0 Å². The first-order chi connectivity index (χ1) is 13.4. The fourth-order valence-corrected chi connectivity index (χ4v) is 4.28. The summed E-state index contributed by atoms with van der Waals surface area (Å²) >= 11 is 0. The summed E-state index contributed by atoms with van der Waals surface area (Å²) in [5, 5.41) is 9.88. The molecule has 2 rings (SSSR count). The van der Waals surface area contributed by atoms with Gasteiger partial charge in [-0.1, -0.05) is 20.8 Å². The standard InChI is InChI=1S/C19H34N2O7Si/c1-12-10-21(18(24)20-16(12)23)17-15(26-9-8-25-5)14(13(11-22)27-17)28-29(6,7)19(2,3)4/h10,13-15,17,22H,8-9,11H2,1-7H3,(H,20,23,24)/t13-,14-,15-,17-/m1/s1. The topological polar surface area (TPSA) is 112 Å². The van der Waals surface area contributed by atoms with Crippen LogP contribution in [-0.4, -0.2) is 68.2 Å². The number of hydrogen-bond donors (Lipinski definition) is 2. The van der Waals surface area contributed by atoms with Crippen LogP contribution in [0.15, 0.2) is 15.8 Å². The van der Waals surface area contributed by atoms with Gasteiger partial charge in [0, 0.05) is 18.9 Å². The van der Waals surface area contributed by atoms with Crippen LogP contribution in [0.25, 0.3) is 0 Å². The minimum atomic E-state index is -2.23. The molecule has 1 aliphatic rings. The average molecular weight is 431 g/mol. The van der Waals surface area contributed by atoms with E-state index in [1.165, 1.54) is 10.8 Å². The highest BCUT2D eigenvalue weighted by Gasteiger charge is 2.51. The number of aromatic nitrogens is 2. The van der Waals surface area contributed by atoms with Gasteiger partial charge in [0.2, 0.25) is 0 Å². The molecule has 2 N–H and O–H groups in total. The van der Waals surface area contributed by atoms with Crippen LogP contribution in [-0.2, 0) is 18.6 Å². The molecule has 10 heteroatoms. The largest absolute Gasteiger partial charge is 0.408 e. The third kappa shape index (κ3) is 5.25. The smallest absolute Gasteiger partial charge is 0.330 e. The summed E-state index contributed by atoms with van der Waals surface area (Å²) in [4.78, 5) is 26.5. The van der Waals surface area contributed by atoms with E-state index < -0.39 is 44.1 Å². The summed E-state index contributed by atoms with van der Waals surface area (Å²) < 4.78 is 25.0. The van der Waals surface area contributed by atoms with Crippen LogP contribution in [0.3, 0.4) is 0 Å². The number of nitrogens with zero attached hydrogens (tertiary/aromatic N) is 1. The molecule has 1 aliphatic heterocycles. The monoisotopic (exact) mass is 430 g/mol. The molecule has 29 heavy (non-hydrogen) atoms. The van der Waals surface area contributed by atoms with E-state index in [9.17, 15) is 14.7 Å². The molecule has 9 nitrogen and oxygen atoms in total. The number of aliphatic hydroxyl groups is 1. The Hall–Kier alpha value is -1.30. The lowest BCUT2D eigenvalue weighted by molar-refractivity contribution is -0.0814. The van der Waals surface area contributed by atoms with Crippen molar-refractivity contribution in [1.82, 2.24) is 9.55 Å². The van der Waals surface area contributed by atoms with Gasteiger partial charge in [0.25, 0.3) is 5.56 Å². The normalized spacial score (nSPS) is 25.5. The molecule has 4 atom stereocenters. The second-order valence-corrected chi connectivity index (χ2v) is 13.7. The first-order valence-electron chi connectivity index (χ1n) is 9.79. The van der Waals surface area contributed by atoms with Crippen molar-refractivity contribution in [3.63, 3.8) is 0 Å². The van der Waals surface area contributed by atoms with Crippen LogP contribution in [0.5, 0.6) is 0 Å². The predicted octanol–water partition coefficient (Wildman–Crippen LogP) is 1.16. The molecule has 0 unspecified atom stereocenters. The van der Waals surface area contributed by atoms with Crippen molar-refractivity contribution in [2.24, 2.45) is 0 Å². The zero-order valence-electron chi connectivity index (χ0n) is 18.4. The van der Waals surface area contributed by atoms with Crippen molar-refractivity contribution >= 4 is 8.32 Å². The molecule has 0 aliphatic carbocycles. The van der Waals surface area contributed by atoms with E-state index in [1.807, 2.05) is 0 Å². The van der Waals surface area contributed by atoms with Gasteiger partial charge >= 0.3 is 5.69 Å². The maximum Gasteiger partial charge on any atom is 0.330 e. The number of H-pyrrole nitrogens is 1. The Kier molecular flexibility index (Phi) is 7.63. The molecule has 166 valence electrons. The number of nitrogens with one attached hydrogen (secondary N) is 1. The van der Waals surface area contributed by atoms with E-state index in [4.69, 9.17) is 18.6 Å². The Morgan fingerprint density at radius 1 is 1.24 bits per heavy atom. The summed E-state index contributed by atoms with van der Waals surface area (Å²) in [6.45, 7) is 12.5. The third-order valence-corrected chi connectivity index (χ3v) is 10.2. The molecule has 0 aromatic carbocycles. The lowest BCUT2D eigenvalue weighted by Gasteiger charge is -2.40. The number of rotatable bonds is 8. The molecule has 0 saturated carbocycles. The average Bonchev–Trinajstić information content (AvgIpc) is 2.94. The fraction of sp³-hybridized carbons (Fsp3) is 0.789.